The molecule has 30 heavy (non-hydrogen) atoms. The first-order valence-corrected chi connectivity index (χ1v) is 10.2. The minimum atomic E-state index is -1.02. The number of nitrogens with one attached hydrogen (secondary N) is 1. The van der Waals surface area contributed by atoms with Crippen molar-refractivity contribution in [2.24, 2.45) is 0 Å². The third-order valence-corrected chi connectivity index (χ3v) is 5.71. The molecule has 0 saturated carbocycles. The third-order valence-electron chi connectivity index (χ3n) is 5.71. The second-order valence-electron chi connectivity index (χ2n) is 7.79. The van der Waals surface area contributed by atoms with Crippen LogP contribution in [0.2, 0.25) is 0 Å². The van der Waals surface area contributed by atoms with E-state index in [2.05, 4.69) is 10.2 Å². The zero-order chi connectivity index (χ0) is 21.9. The standard InChI is InChI=1S/C21H28N4O5/c1-4-21(3)19(28)25(20(29)22-21)14-17(26)30-15(2)18(27)24-12-10-23(11-13-24)16-8-6-5-7-9-16/h5-9,15H,4,10-14H2,1-3H3,(H,22,29)/t15-,21+/m1/s1. The second kappa shape index (κ2) is 8.73. The van der Waals surface area contributed by atoms with E-state index < -0.39 is 36.1 Å². The first kappa shape index (κ1) is 21.6. The fraction of sp³-hybridized carbons (Fsp3) is 0.524. The molecule has 0 unspecified atom stereocenters. The van der Waals surface area contributed by atoms with Gasteiger partial charge in [-0.2, -0.15) is 0 Å². The van der Waals surface area contributed by atoms with Gasteiger partial charge < -0.3 is 19.9 Å². The van der Waals surface area contributed by atoms with E-state index in [1.54, 1.807) is 18.7 Å². The van der Waals surface area contributed by atoms with E-state index in [0.29, 0.717) is 32.6 Å². The fourth-order valence-electron chi connectivity index (χ4n) is 3.63. The third kappa shape index (κ3) is 4.39. The average Bonchev–Trinajstić information content (AvgIpc) is 2.97. The van der Waals surface area contributed by atoms with Crippen molar-refractivity contribution in [3.8, 4) is 0 Å². The van der Waals surface area contributed by atoms with E-state index in [1.165, 1.54) is 6.92 Å². The van der Waals surface area contributed by atoms with Crippen LogP contribution >= 0.6 is 0 Å². The smallest absolute Gasteiger partial charge is 0.327 e. The monoisotopic (exact) mass is 416 g/mol. The molecule has 9 nitrogen and oxygen atoms in total. The number of esters is 1. The Balaban J connectivity index is 1.49. The van der Waals surface area contributed by atoms with Crippen LogP contribution in [-0.2, 0) is 19.1 Å². The van der Waals surface area contributed by atoms with Crippen LogP contribution < -0.4 is 10.2 Å². The molecule has 1 aromatic rings. The highest BCUT2D eigenvalue weighted by molar-refractivity contribution is 6.08. The first-order valence-electron chi connectivity index (χ1n) is 10.2. The van der Waals surface area contributed by atoms with Crippen LogP contribution in [0.4, 0.5) is 10.5 Å². The van der Waals surface area contributed by atoms with Gasteiger partial charge in [-0.3, -0.25) is 19.3 Å². The van der Waals surface area contributed by atoms with Gasteiger partial charge in [-0.1, -0.05) is 25.1 Å². The molecule has 1 N–H and O–H groups in total. The summed E-state index contributed by atoms with van der Waals surface area (Å²) in [6.07, 6.45) is -0.577. The Morgan fingerprint density at radius 1 is 1.13 bits per heavy atom. The summed E-state index contributed by atoms with van der Waals surface area (Å²) in [5, 5.41) is 2.58. The topological polar surface area (TPSA) is 99.3 Å². The van der Waals surface area contributed by atoms with E-state index >= 15 is 0 Å². The largest absolute Gasteiger partial charge is 0.451 e. The van der Waals surface area contributed by atoms with Crippen LogP contribution in [0.1, 0.15) is 27.2 Å². The number of benzene rings is 1. The molecule has 0 spiro atoms. The van der Waals surface area contributed by atoms with Gasteiger partial charge in [0.2, 0.25) is 0 Å². The van der Waals surface area contributed by atoms with E-state index in [1.807, 2.05) is 30.3 Å². The molecule has 4 amide bonds. The Morgan fingerprint density at radius 2 is 1.77 bits per heavy atom. The quantitative estimate of drug-likeness (QED) is 0.548. The number of hydrogen-bond donors (Lipinski definition) is 1. The summed E-state index contributed by atoms with van der Waals surface area (Å²) in [4.78, 5) is 54.0. The zero-order valence-corrected chi connectivity index (χ0v) is 17.6. The molecule has 162 valence electrons. The van der Waals surface area contributed by atoms with Crippen molar-refractivity contribution in [1.82, 2.24) is 15.1 Å². The number of ether oxygens (including phenoxy) is 1. The first-order chi connectivity index (χ1) is 14.2. The average molecular weight is 416 g/mol. The highest BCUT2D eigenvalue weighted by Crippen LogP contribution is 2.21. The van der Waals surface area contributed by atoms with Gasteiger partial charge in [0.05, 0.1) is 0 Å². The van der Waals surface area contributed by atoms with Crippen molar-refractivity contribution in [2.45, 2.75) is 38.8 Å². The number of para-hydroxylation sites is 1. The molecule has 2 aliphatic heterocycles. The highest BCUT2D eigenvalue weighted by atomic mass is 16.5. The molecular weight excluding hydrogens is 388 g/mol. The van der Waals surface area contributed by atoms with Crippen molar-refractivity contribution >= 4 is 29.5 Å². The lowest BCUT2D eigenvalue weighted by atomic mass is 9.99. The Bertz CT molecular complexity index is 822. The Labute approximate surface area is 175 Å². The summed E-state index contributed by atoms with van der Waals surface area (Å²) in [5.74, 6) is -1.54. The number of nitrogens with zero attached hydrogens (tertiary/aromatic N) is 3. The second-order valence-corrected chi connectivity index (χ2v) is 7.79. The Morgan fingerprint density at radius 3 is 2.33 bits per heavy atom. The lowest BCUT2D eigenvalue weighted by Crippen LogP contribution is -2.52. The maximum atomic E-state index is 12.7. The van der Waals surface area contributed by atoms with Crippen molar-refractivity contribution in [3.05, 3.63) is 30.3 Å². The maximum absolute atomic E-state index is 12.7. The molecule has 1 aromatic carbocycles. The summed E-state index contributed by atoms with van der Waals surface area (Å²) in [7, 11) is 0. The van der Waals surface area contributed by atoms with Gasteiger partial charge in [0, 0.05) is 31.9 Å². The summed E-state index contributed by atoms with van der Waals surface area (Å²) < 4.78 is 5.22. The van der Waals surface area contributed by atoms with Gasteiger partial charge in [-0.05, 0) is 32.4 Å². The van der Waals surface area contributed by atoms with Crippen LogP contribution in [0.3, 0.4) is 0 Å². The van der Waals surface area contributed by atoms with Crippen LogP contribution in [0.15, 0.2) is 30.3 Å². The molecule has 2 saturated heterocycles. The van der Waals surface area contributed by atoms with Crippen LogP contribution in [0.25, 0.3) is 0 Å². The van der Waals surface area contributed by atoms with Crippen molar-refractivity contribution < 1.29 is 23.9 Å². The number of amides is 4. The molecule has 0 aromatic heterocycles. The van der Waals surface area contributed by atoms with Crippen molar-refractivity contribution in [1.29, 1.82) is 0 Å². The number of carbonyl (C=O) groups is 4. The van der Waals surface area contributed by atoms with Gasteiger partial charge in [0.15, 0.2) is 6.10 Å². The zero-order valence-electron chi connectivity index (χ0n) is 17.6. The SMILES string of the molecule is CC[C@]1(C)NC(=O)N(CC(=O)O[C@H](C)C(=O)N2CCN(c3ccccc3)CC2)C1=O. The summed E-state index contributed by atoms with van der Waals surface area (Å²) in [6, 6.07) is 9.34. The van der Waals surface area contributed by atoms with E-state index in [4.69, 9.17) is 4.74 Å². The Hall–Kier alpha value is -3.10. The predicted molar refractivity (Wildman–Crippen MR) is 110 cm³/mol. The van der Waals surface area contributed by atoms with E-state index in [9.17, 15) is 19.2 Å². The predicted octanol–water partition coefficient (Wildman–Crippen LogP) is 0.987. The number of hydrogen-bond acceptors (Lipinski definition) is 6. The number of urea groups is 1. The van der Waals surface area contributed by atoms with Crippen LogP contribution in [0.5, 0.6) is 0 Å². The van der Waals surface area contributed by atoms with Crippen molar-refractivity contribution in [3.63, 3.8) is 0 Å². The molecule has 9 heteroatoms. The van der Waals surface area contributed by atoms with E-state index in [-0.39, 0.29) is 5.91 Å². The molecule has 3 rings (SSSR count). The lowest BCUT2D eigenvalue weighted by molar-refractivity contribution is -0.160. The van der Waals surface area contributed by atoms with Crippen LogP contribution in [-0.4, -0.2) is 78.0 Å². The summed E-state index contributed by atoms with van der Waals surface area (Å²) in [6.45, 7) is 6.81. The fourth-order valence-corrected chi connectivity index (χ4v) is 3.63. The number of rotatable bonds is 6. The minimum absolute atomic E-state index is 0.286. The van der Waals surface area contributed by atoms with Gasteiger partial charge in [-0.15, -0.1) is 0 Å². The maximum Gasteiger partial charge on any atom is 0.327 e. The molecule has 2 fully saturated rings. The number of anilines is 1. The lowest BCUT2D eigenvalue weighted by Gasteiger charge is -2.37. The number of carbonyl (C=O) groups excluding carboxylic acids is 4. The van der Waals surface area contributed by atoms with E-state index in [0.717, 1.165) is 10.6 Å². The molecule has 2 heterocycles. The molecular formula is C21H28N4O5. The molecule has 2 aliphatic rings. The molecule has 0 radical (unpaired) electrons. The van der Waals surface area contributed by atoms with Gasteiger partial charge >= 0.3 is 12.0 Å². The van der Waals surface area contributed by atoms with Gasteiger partial charge in [-0.25, -0.2) is 4.79 Å². The number of imide groups is 1. The summed E-state index contributed by atoms with van der Waals surface area (Å²) in [5.41, 5.74) is 0.0914. The number of piperazine rings is 1. The minimum Gasteiger partial charge on any atom is -0.451 e. The Kier molecular flexibility index (Phi) is 6.28. The van der Waals surface area contributed by atoms with Crippen LogP contribution in [0, 0.1) is 0 Å². The van der Waals surface area contributed by atoms with Crippen molar-refractivity contribution in [2.75, 3.05) is 37.6 Å². The van der Waals surface area contributed by atoms with Gasteiger partial charge in [0.25, 0.3) is 11.8 Å². The van der Waals surface area contributed by atoms with Gasteiger partial charge in [0.1, 0.15) is 12.1 Å². The molecule has 0 bridgehead atoms. The molecule has 0 aliphatic carbocycles. The normalized spacial score (nSPS) is 22.7. The highest BCUT2D eigenvalue weighted by Gasteiger charge is 2.47. The molecule has 2 atom stereocenters. The summed E-state index contributed by atoms with van der Waals surface area (Å²) >= 11 is 0.